The molecular formula is C13H22N2O3. The first-order valence-corrected chi connectivity index (χ1v) is 6.89. The number of carboxylic acids is 1. The lowest BCUT2D eigenvalue weighted by atomic mass is 9.96. The molecular weight excluding hydrogens is 232 g/mol. The van der Waals surface area contributed by atoms with Crippen LogP contribution in [0.5, 0.6) is 0 Å². The average molecular weight is 254 g/mol. The van der Waals surface area contributed by atoms with Crippen LogP contribution in [0, 0.1) is 5.92 Å². The van der Waals surface area contributed by atoms with E-state index in [-0.39, 0.29) is 6.03 Å². The van der Waals surface area contributed by atoms with Crippen LogP contribution in [0.3, 0.4) is 0 Å². The summed E-state index contributed by atoms with van der Waals surface area (Å²) in [5.74, 6) is -0.363. The summed E-state index contributed by atoms with van der Waals surface area (Å²) in [4.78, 5) is 24.7. The number of aliphatic carboxylic acids is 1. The van der Waals surface area contributed by atoms with E-state index in [4.69, 9.17) is 5.11 Å². The fourth-order valence-corrected chi connectivity index (χ4v) is 3.21. The van der Waals surface area contributed by atoms with Gasteiger partial charge in [0, 0.05) is 12.6 Å². The topological polar surface area (TPSA) is 69.6 Å². The lowest BCUT2D eigenvalue weighted by Gasteiger charge is -2.30. The van der Waals surface area contributed by atoms with E-state index in [1.807, 2.05) is 4.90 Å². The minimum absolute atomic E-state index is 0.209. The monoisotopic (exact) mass is 254 g/mol. The molecule has 5 heteroatoms. The third-order valence-electron chi connectivity index (χ3n) is 4.21. The van der Waals surface area contributed by atoms with Gasteiger partial charge in [-0.15, -0.1) is 0 Å². The van der Waals surface area contributed by atoms with Gasteiger partial charge in [-0.1, -0.05) is 12.8 Å². The summed E-state index contributed by atoms with van der Waals surface area (Å²) < 4.78 is 0. The first-order chi connectivity index (χ1) is 8.59. The minimum Gasteiger partial charge on any atom is -0.480 e. The molecule has 1 aliphatic heterocycles. The Labute approximate surface area is 108 Å². The van der Waals surface area contributed by atoms with Crippen molar-refractivity contribution >= 4 is 12.0 Å². The van der Waals surface area contributed by atoms with Crippen molar-refractivity contribution in [1.29, 1.82) is 0 Å². The molecule has 2 N–H and O–H groups in total. The summed E-state index contributed by atoms with van der Waals surface area (Å²) in [6, 6.07) is -0.699. The van der Waals surface area contributed by atoms with Gasteiger partial charge in [-0.2, -0.15) is 0 Å². The molecule has 2 amide bonds. The molecule has 0 spiro atoms. The quantitative estimate of drug-likeness (QED) is 0.807. The number of nitrogens with zero attached hydrogens (tertiary/aromatic N) is 1. The highest BCUT2D eigenvalue weighted by Crippen LogP contribution is 2.35. The number of carboxylic acid groups (broad SMARTS) is 1. The van der Waals surface area contributed by atoms with E-state index in [0.29, 0.717) is 12.0 Å². The highest BCUT2D eigenvalue weighted by Gasteiger charge is 2.36. The van der Waals surface area contributed by atoms with E-state index in [2.05, 4.69) is 5.32 Å². The van der Waals surface area contributed by atoms with Gasteiger partial charge in [0.25, 0.3) is 0 Å². The first-order valence-electron chi connectivity index (χ1n) is 6.89. The number of hydrogen-bond donors (Lipinski definition) is 2. The van der Waals surface area contributed by atoms with Crippen LogP contribution in [-0.4, -0.2) is 40.6 Å². The summed E-state index contributed by atoms with van der Waals surface area (Å²) in [5.41, 5.74) is 0. The molecule has 2 unspecified atom stereocenters. The second kappa shape index (κ2) is 5.59. The zero-order valence-corrected chi connectivity index (χ0v) is 10.9. The fraction of sp³-hybridized carbons (Fsp3) is 0.846. The molecule has 1 aliphatic carbocycles. The number of carbonyl (C=O) groups excluding carboxylic acids is 1. The summed E-state index contributed by atoms with van der Waals surface area (Å²) in [7, 11) is 0. The van der Waals surface area contributed by atoms with Gasteiger partial charge in [0.05, 0.1) is 0 Å². The molecule has 2 rings (SSSR count). The second-order valence-corrected chi connectivity index (χ2v) is 5.46. The van der Waals surface area contributed by atoms with E-state index in [0.717, 1.165) is 19.4 Å². The molecule has 1 heterocycles. The lowest BCUT2D eigenvalue weighted by Crippen LogP contribution is -2.49. The number of hydrogen-bond acceptors (Lipinski definition) is 2. The summed E-state index contributed by atoms with van der Waals surface area (Å²) in [5, 5.41) is 11.4. The molecule has 0 bridgehead atoms. The first kappa shape index (κ1) is 13.2. The third-order valence-corrected chi connectivity index (χ3v) is 4.21. The molecule has 2 atom stereocenters. The van der Waals surface area contributed by atoms with Crippen LogP contribution in [0.2, 0.25) is 0 Å². The van der Waals surface area contributed by atoms with Gasteiger partial charge in [-0.05, 0) is 38.5 Å². The average Bonchev–Trinajstić information content (AvgIpc) is 2.99. The highest BCUT2D eigenvalue weighted by atomic mass is 16.4. The Morgan fingerprint density at radius 3 is 2.50 bits per heavy atom. The molecule has 0 aromatic rings. The maximum absolute atomic E-state index is 12.1. The predicted molar refractivity (Wildman–Crippen MR) is 67.3 cm³/mol. The summed E-state index contributed by atoms with van der Waals surface area (Å²) in [6.07, 6.45) is 7.06. The van der Waals surface area contributed by atoms with Crippen molar-refractivity contribution in [2.45, 2.75) is 57.5 Å². The molecule has 1 saturated carbocycles. The Balaban J connectivity index is 1.93. The van der Waals surface area contributed by atoms with Crippen molar-refractivity contribution in [3.05, 3.63) is 0 Å². The number of likely N-dealkylation sites (tertiary alicyclic amines) is 1. The highest BCUT2D eigenvalue weighted by molar-refractivity contribution is 5.82. The number of rotatable bonds is 3. The standard InChI is InChI=1S/C13H22N2O3/c1-9(12(16)17)14-13(18)15-8-4-7-11(15)10-5-2-3-6-10/h9-11H,2-8H2,1H3,(H,14,18)(H,16,17). The molecule has 2 fully saturated rings. The summed E-state index contributed by atoms with van der Waals surface area (Å²) >= 11 is 0. The van der Waals surface area contributed by atoms with Gasteiger partial charge < -0.3 is 15.3 Å². The van der Waals surface area contributed by atoms with Crippen LogP contribution in [0.1, 0.15) is 45.4 Å². The Morgan fingerprint density at radius 1 is 1.22 bits per heavy atom. The SMILES string of the molecule is CC(NC(=O)N1CCCC1C1CCCC1)C(=O)O. The van der Waals surface area contributed by atoms with Crippen LogP contribution < -0.4 is 5.32 Å². The number of urea groups is 1. The molecule has 0 aromatic heterocycles. The maximum atomic E-state index is 12.1. The Bertz CT molecular complexity index is 326. The van der Waals surface area contributed by atoms with Crippen LogP contribution >= 0.6 is 0 Å². The van der Waals surface area contributed by atoms with Crippen LogP contribution in [0.25, 0.3) is 0 Å². The van der Waals surface area contributed by atoms with Gasteiger partial charge >= 0.3 is 12.0 Å². The van der Waals surface area contributed by atoms with Gasteiger partial charge in [-0.25, -0.2) is 4.79 Å². The number of nitrogens with one attached hydrogen (secondary N) is 1. The smallest absolute Gasteiger partial charge is 0.325 e. The zero-order chi connectivity index (χ0) is 13.1. The van der Waals surface area contributed by atoms with Gasteiger partial charge in [-0.3, -0.25) is 4.79 Å². The van der Waals surface area contributed by atoms with Crippen LogP contribution in [0.4, 0.5) is 4.79 Å². The molecule has 0 aromatic carbocycles. The number of carbonyl (C=O) groups is 2. The molecule has 1 saturated heterocycles. The lowest BCUT2D eigenvalue weighted by molar-refractivity contribution is -0.138. The Hall–Kier alpha value is -1.26. The van der Waals surface area contributed by atoms with E-state index < -0.39 is 12.0 Å². The van der Waals surface area contributed by atoms with Crippen molar-refractivity contribution in [3.63, 3.8) is 0 Å². The number of amides is 2. The van der Waals surface area contributed by atoms with Gasteiger partial charge in [0.1, 0.15) is 6.04 Å². The Kier molecular flexibility index (Phi) is 4.09. The van der Waals surface area contributed by atoms with Crippen molar-refractivity contribution in [2.75, 3.05) is 6.54 Å². The van der Waals surface area contributed by atoms with Gasteiger partial charge in [0.2, 0.25) is 0 Å². The minimum atomic E-state index is -0.986. The Morgan fingerprint density at radius 2 is 1.89 bits per heavy atom. The van der Waals surface area contributed by atoms with Crippen molar-refractivity contribution in [2.24, 2.45) is 5.92 Å². The normalized spacial score (nSPS) is 26.3. The van der Waals surface area contributed by atoms with Crippen molar-refractivity contribution in [3.8, 4) is 0 Å². The maximum Gasteiger partial charge on any atom is 0.325 e. The third kappa shape index (κ3) is 2.76. The van der Waals surface area contributed by atoms with E-state index in [9.17, 15) is 9.59 Å². The van der Waals surface area contributed by atoms with E-state index in [1.54, 1.807) is 0 Å². The van der Waals surface area contributed by atoms with Crippen LogP contribution in [0.15, 0.2) is 0 Å². The van der Waals surface area contributed by atoms with E-state index in [1.165, 1.54) is 32.6 Å². The van der Waals surface area contributed by atoms with Crippen molar-refractivity contribution in [1.82, 2.24) is 10.2 Å². The van der Waals surface area contributed by atoms with Crippen molar-refractivity contribution < 1.29 is 14.7 Å². The molecule has 2 aliphatic rings. The fourth-order valence-electron chi connectivity index (χ4n) is 3.21. The second-order valence-electron chi connectivity index (χ2n) is 5.46. The predicted octanol–water partition coefficient (Wildman–Crippen LogP) is 1.82. The zero-order valence-electron chi connectivity index (χ0n) is 10.9. The molecule has 102 valence electrons. The molecule has 18 heavy (non-hydrogen) atoms. The molecule has 5 nitrogen and oxygen atoms in total. The largest absolute Gasteiger partial charge is 0.480 e. The van der Waals surface area contributed by atoms with E-state index >= 15 is 0 Å². The van der Waals surface area contributed by atoms with Gasteiger partial charge in [0.15, 0.2) is 0 Å². The molecule has 0 radical (unpaired) electrons. The van der Waals surface area contributed by atoms with Crippen LogP contribution in [-0.2, 0) is 4.79 Å². The summed E-state index contributed by atoms with van der Waals surface area (Å²) in [6.45, 7) is 2.26.